The monoisotopic (exact) mass is 277 g/mol. The van der Waals surface area contributed by atoms with Gasteiger partial charge in [0.2, 0.25) is 0 Å². The number of benzene rings is 1. The third-order valence-corrected chi connectivity index (χ3v) is 4.11. The number of hydrogen-bond acceptors (Lipinski definition) is 4. The van der Waals surface area contributed by atoms with Crippen molar-refractivity contribution in [2.75, 3.05) is 6.61 Å². The minimum absolute atomic E-state index is 0.513. The van der Waals surface area contributed by atoms with Crippen LogP contribution in [0.5, 0.6) is 5.75 Å². The number of aliphatic hydroxyl groups excluding tert-OH is 1. The van der Waals surface area contributed by atoms with Crippen molar-refractivity contribution in [2.45, 2.75) is 33.3 Å². The number of hydrogen-bond donors (Lipinski definition) is 1. The topological polar surface area (TPSA) is 42.4 Å². The second-order valence-electron chi connectivity index (χ2n) is 4.47. The maximum Gasteiger partial charge on any atom is 0.119 e. The van der Waals surface area contributed by atoms with Gasteiger partial charge in [0.1, 0.15) is 5.75 Å². The molecule has 0 amide bonds. The van der Waals surface area contributed by atoms with Gasteiger partial charge in [0.15, 0.2) is 0 Å². The molecule has 0 radical (unpaired) electrons. The van der Waals surface area contributed by atoms with Crippen molar-refractivity contribution in [1.29, 1.82) is 0 Å². The van der Waals surface area contributed by atoms with Gasteiger partial charge < -0.3 is 9.84 Å². The highest BCUT2D eigenvalue weighted by Crippen LogP contribution is 2.24. The van der Waals surface area contributed by atoms with E-state index in [-0.39, 0.29) is 0 Å². The Morgan fingerprint density at radius 2 is 1.95 bits per heavy atom. The molecule has 19 heavy (non-hydrogen) atoms. The lowest BCUT2D eigenvalue weighted by Gasteiger charge is -2.10. The average Bonchev–Trinajstić information content (AvgIpc) is 2.69. The summed E-state index contributed by atoms with van der Waals surface area (Å²) >= 11 is 1.65. The highest BCUT2D eigenvalue weighted by molar-refractivity contribution is 7.11. The van der Waals surface area contributed by atoms with Crippen molar-refractivity contribution in [3.05, 3.63) is 45.4 Å². The van der Waals surface area contributed by atoms with E-state index in [4.69, 9.17) is 4.74 Å². The summed E-state index contributed by atoms with van der Waals surface area (Å²) in [6.45, 7) is 6.66. The molecule has 0 spiro atoms. The Morgan fingerprint density at radius 1 is 1.26 bits per heavy atom. The Hall–Kier alpha value is -1.39. The number of aliphatic hydroxyl groups is 1. The zero-order valence-electron chi connectivity index (χ0n) is 11.5. The van der Waals surface area contributed by atoms with Crippen LogP contribution in [-0.2, 0) is 6.42 Å². The molecule has 0 saturated carbocycles. The molecule has 1 unspecified atom stereocenters. The third kappa shape index (κ3) is 3.55. The molecule has 0 aliphatic carbocycles. The summed E-state index contributed by atoms with van der Waals surface area (Å²) in [5, 5.41) is 11.2. The SMILES string of the molecule is CCOc1ccc(C(O)Cc2nc(C)c(C)s2)cc1. The zero-order chi connectivity index (χ0) is 13.8. The summed E-state index contributed by atoms with van der Waals surface area (Å²) < 4.78 is 5.39. The van der Waals surface area contributed by atoms with E-state index in [0.717, 1.165) is 22.0 Å². The van der Waals surface area contributed by atoms with Crippen LogP contribution in [0.15, 0.2) is 24.3 Å². The van der Waals surface area contributed by atoms with E-state index in [1.807, 2.05) is 38.1 Å². The van der Waals surface area contributed by atoms with Crippen LogP contribution in [0.4, 0.5) is 0 Å². The van der Waals surface area contributed by atoms with Crippen molar-refractivity contribution >= 4 is 11.3 Å². The Kier molecular flexibility index (Phi) is 4.56. The Bertz CT molecular complexity index is 514. The van der Waals surface area contributed by atoms with Crippen LogP contribution < -0.4 is 4.74 Å². The van der Waals surface area contributed by atoms with E-state index in [0.29, 0.717) is 13.0 Å². The molecule has 0 aliphatic heterocycles. The van der Waals surface area contributed by atoms with Crippen LogP contribution in [0, 0.1) is 13.8 Å². The average molecular weight is 277 g/mol. The van der Waals surface area contributed by atoms with Crippen LogP contribution in [0.2, 0.25) is 0 Å². The van der Waals surface area contributed by atoms with Gasteiger partial charge in [-0.3, -0.25) is 0 Å². The van der Waals surface area contributed by atoms with Gasteiger partial charge in [-0.1, -0.05) is 12.1 Å². The predicted octanol–water partition coefficient (Wildman–Crippen LogP) is 3.43. The minimum Gasteiger partial charge on any atom is -0.494 e. The van der Waals surface area contributed by atoms with E-state index < -0.39 is 6.10 Å². The first-order valence-corrected chi connectivity index (χ1v) is 7.25. The molecule has 1 N–H and O–H groups in total. The fourth-order valence-electron chi connectivity index (χ4n) is 1.86. The van der Waals surface area contributed by atoms with Crippen molar-refractivity contribution < 1.29 is 9.84 Å². The van der Waals surface area contributed by atoms with Gasteiger partial charge in [0.25, 0.3) is 0 Å². The van der Waals surface area contributed by atoms with Crippen LogP contribution in [-0.4, -0.2) is 16.7 Å². The maximum absolute atomic E-state index is 10.2. The van der Waals surface area contributed by atoms with Gasteiger partial charge in [-0.05, 0) is 38.5 Å². The quantitative estimate of drug-likeness (QED) is 0.910. The van der Waals surface area contributed by atoms with Gasteiger partial charge in [-0.25, -0.2) is 4.98 Å². The number of aromatic nitrogens is 1. The number of rotatable bonds is 5. The summed E-state index contributed by atoms with van der Waals surface area (Å²) in [7, 11) is 0. The lowest BCUT2D eigenvalue weighted by Crippen LogP contribution is -2.01. The molecule has 2 aromatic rings. The third-order valence-electron chi connectivity index (χ3n) is 3.02. The van der Waals surface area contributed by atoms with E-state index in [9.17, 15) is 5.11 Å². The summed E-state index contributed by atoms with van der Waals surface area (Å²) in [5.74, 6) is 0.833. The lowest BCUT2D eigenvalue weighted by atomic mass is 10.1. The van der Waals surface area contributed by atoms with Gasteiger partial charge in [0.05, 0.1) is 23.4 Å². The summed E-state index contributed by atoms with van der Waals surface area (Å²) in [6.07, 6.45) is 0.0495. The molecule has 0 saturated heterocycles. The lowest BCUT2D eigenvalue weighted by molar-refractivity contribution is 0.178. The van der Waals surface area contributed by atoms with Gasteiger partial charge >= 0.3 is 0 Å². The molecular formula is C15H19NO2S. The second-order valence-corrected chi connectivity index (χ2v) is 5.76. The van der Waals surface area contributed by atoms with E-state index in [1.165, 1.54) is 4.88 Å². The van der Waals surface area contributed by atoms with Gasteiger partial charge in [0, 0.05) is 11.3 Å². The normalized spacial score (nSPS) is 12.4. The summed E-state index contributed by atoms with van der Waals surface area (Å²) in [5.41, 5.74) is 1.95. The largest absolute Gasteiger partial charge is 0.494 e. The zero-order valence-corrected chi connectivity index (χ0v) is 12.3. The fraction of sp³-hybridized carbons (Fsp3) is 0.400. The van der Waals surface area contributed by atoms with Crippen LogP contribution in [0.1, 0.15) is 34.2 Å². The highest BCUT2D eigenvalue weighted by atomic mass is 32.1. The molecule has 0 fully saturated rings. The van der Waals surface area contributed by atoms with Crippen LogP contribution in [0.25, 0.3) is 0 Å². The van der Waals surface area contributed by atoms with Crippen LogP contribution in [0.3, 0.4) is 0 Å². The first-order chi connectivity index (χ1) is 9.10. The molecule has 2 rings (SSSR count). The van der Waals surface area contributed by atoms with E-state index >= 15 is 0 Å². The van der Waals surface area contributed by atoms with E-state index in [1.54, 1.807) is 11.3 Å². The molecular weight excluding hydrogens is 258 g/mol. The molecule has 0 aliphatic rings. The second kappa shape index (κ2) is 6.17. The summed E-state index contributed by atoms with van der Waals surface area (Å²) in [6, 6.07) is 7.59. The molecule has 1 aromatic carbocycles. The minimum atomic E-state index is -0.513. The molecule has 3 nitrogen and oxygen atoms in total. The van der Waals surface area contributed by atoms with Crippen molar-refractivity contribution in [2.24, 2.45) is 0 Å². The maximum atomic E-state index is 10.2. The van der Waals surface area contributed by atoms with E-state index in [2.05, 4.69) is 11.9 Å². The molecule has 102 valence electrons. The smallest absolute Gasteiger partial charge is 0.119 e. The number of ether oxygens (including phenoxy) is 1. The Morgan fingerprint density at radius 3 is 2.47 bits per heavy atom. The number of nitrogens with zero attached hydrogens (tertiary/aromatic N) is 1. The molecule has 4 heteroatoms. The first kappa shape index (κ1) is 14.0. The van der Waals surface area contributed by atoms with Gasteiger partial charge in [-0.15, -0.1) is 11.3 Å². The Labute approximate surface area is 117 Å². The molecule has 1 aromatic heterocycles. The molecule has 1 atom stereocenters. The summed E-state index contributed by atoms with van der Waals surface area (Å²) in [4.78, 5) is 5.67. The number of thiazole rings is 1. The standard InChI is InChI=1S/C15H19NO2S/c1-4-18-13-7-5-12(6-8-13)14(17)9-15-16-10(2)11(3)19-15/h5-8,14,17H,4,9H2,1-3H3. The highest BCUT2D eigenvalue weighted by Gasteiger charge is 2.12. The van der Waals surface area contributed by atoms with Crippen molar-refractivity contribution in [3.8, 4) is 5.75 Å². The molecule has 1 heterocycles. The molecule has 0 bridgehead atoms. The van der Waals surface area contributed by atoms with Crippen molar-refractivity contribution in [3.63, 3.8) is 0 Å². The first-order valence-electron chi connectivity index (χ1n) is 6.44. The Balaban J connectivity index is 2.04. The fourth-order valence-corrected chi connectivity index (χ4v) is 2.83. The van der Waals surface area contributed by atoms with Crippen LogP contribution >= 0.6 is 11.3 Å². The predicted molar refractivity (Wildman–Crippen MR) is 77.9 cm³/mol. The number of aryl methyl sites for hydroxylation is 2. The van der Waals surface area contributed by atoms with Crippen molar-refractivity contribution in [1.82, 2.24) is 4.98 Å². The van der Waals surface area contributed by atoms with Gasteiger partial charge in [-0.2, -0.15) is 0 Å².